The Hall–Kier alpha value is -0.0400. The fourth-order valence-corrected chi connectivity index (χ4v) is 5.85. The molecular formula is C20H39N. The van der Waals surface area contributed by atoms with Gasteiger partial charge in [-0.25, -0.2) is 0 Å². The highest BCUT2D eigenvalue weighted by Crippen LogP contribution is 2.62. The van der Waals surface area contributed by atoms with E-state index < -0.39 is 0 Å². The lowest BCUT2D eigenvalue weighted by Crippen LogP contribution is -2.67. The zero-order valence-electron chi connectivity index (χ0n) is 15.5. The summed E-state index contributed by atoms with van der Waals surface area (Å²) in [7, 11) is 0. The van der Waals surface area contributed by atoms with E-state index in [9.17, 15) is 0 Å². The second-order valence-electron chi connectivity index (χ2n) is 9.38. The highest BCUT2D eigenvalue weighted by Gasteiger charge is 2.59. The van der Waals surface area contributed by atoms with E-state index in [4.69, 9.17) is 5.73 Å². The summed E-state index contributed by atoms with van der Waals surface area (Å²) >= 11 is 0. The van der Waals surface area contributed by atoms with Crippen LogP contribution in [0, 0.1) is 28.6 Å². The maximum atomic E-state index is 7.22. The summed E-state index contributed by atoms with van der Waals surface area (Å²) < 4.78 is 0. The minimum absolute atomic E-state index is 0.0526. The van der Waals surface area contributed by atoms with E-state index in [0.717, 1.165) is 11.8 Å². The third kappa shape index (κ3) is 2.80. The van der Waals surface area contributed by atoms with Crippen LogP contribution in [0.2, 0.25) is 0 Å². The molecule has 2 aliphatic carbocycles. The van der Waals surface area contributed by atoms with E-state index in [-0.39, 0.29) is 5.54 Å². The second kappa shape index (κ2) is 5.87. The average molecular weight is 294 g/mol. The molecule has 1 nitrogen and oxygen atoms in total. The van der Waals surface area contributed by atoms with Gasteiger partial charge in [-0.2, -0.15) is 0 Å². The first-order chi connectivity index (χ1) is 9.67. The van der Waals surface area contributed by atoms with Gasteiger partial charge >= 0.3 is 0 Å². The maximum absolute atomic E-state index is 7.22. The van der Waals surface area contributed by atoms with E-state index in [1.807, 2.05) is 0 Å². The Balaban J connectivity index is 2.28. The zero-order valence-corrected chi connectivity index (χ0v) is 15.5. The molecule has 0 amide bonds. The summed E-state index contributed by atoms with van der Waals surface area (Å²) in [5, 5.41) is 0. The highest BCUT2D eigenvalue weighted by atomic mass is 14.8. The van der Waals surface area contributed by atoms with Crippen LogP contribution < -0.4 is 5.73 Å². The van der Waals surface area contributed by atoms with E-state index in [1.165, 1.54) is 51.4 Å². The van der Waals surface area contributed by atoms with Gasteiger partial charge in [-0.05, 0) is 67.1 Å². The van der Waals surface area contributed by atoms with Crippen molar-refractivity contribution in [2.45, 2.75) is 98.4 Å². The van der Waals surface area contributed by atoms with Crippen LogP contribution in [0.4, 0.5) is 0 Å². The first kappa shape index (κ1) is 17.3. The van der Waals surface area contributed by atoms with Crippen LogP contribution in [0.3, 0.4) is 0 Å². The molecule has 0 spiro atoms. The first-order valence-corrected chi connectivity index (χ1v) is 9.46. The normalized spacial score (nSPS) is 44.1. The molecule has 1 heteroatoms. The molecule has 0 bridgehead atoms. The lowest BCUT2D eigenvalue weighted by atomic mass is 9.43. The van der Waals surface area contributed by atoms with Crippen LogP contribution in [-0.4, -0.2) is 5.54 Å². The second-order valence-corrected chi connectivity index (χ2v) is 9.38. The SMILES string of the molecule is CC[C@@H](C)CC[C@@]1(N)[C@@H](C)CC[C@H]2C(C)(C)CCC[C@@]21C. The fourth-order valence-electron chi connectivity index (χ4n) is 5.85. The number of fused-ring (bicyclic) bond motifs is 1. The summed E-state index contributed by atoms with van der Waals surface area (Å²) in [6, 6.07) is 0. The Kier molecular flexibility index (Phi) is 4.84. The maximum Gasteiger partial charge on any atom is 0.0237 e. The minimum atomic E-state index is 0.0526. The smallest absolute Gasteiger partial charge is 0.0237 e. The summed E-state index contributed by atoms with van der Waals surface area (Å²) in [5.41, 5.74) is 8.10. The van der Waals surface area contributed by atoms with Gasteiger partial charge in [0, 0.05) is 5.54 Å². The molecule has 2 N–H and O–H groups in total. The van der Waals surface area contributed by atoms with Crippen molar-refractivity contribution in [1.29, 1.82) is 0 Å². The summed E-state index contributed by atoms with van der Waals surface area (Å²) in [6.45, 7) is 14.7. The Morgan fingerprint density at radius 3 is 2.43 bits per heavy atom. The minimum Gasteiger partial charge on any atom is -0.324 e. The number of nitrogens with two attached hydrogens (primary N) is 1. The zero-order chi connectivity index (χ0) is 15.9. The van der Waals surface area contributed by atoms with Crippen LogP contribution in [-0.2, 0) is 0 Å². The van der Waals surface area contributed by atoms with E-state index >= 15 is 0 Å². The predicted molar refractivity (Wildman–Crippen MR) is 93.2 cm³/mol. The van der Waals surface area contributed by atoms with Crippen molar-refractivity contribution >= 4 is 0 Å². The molecule has 0 heterocycles. The van der Waals surface area contributed by atoms with Gasteiger partial charge in [-0.15, -0.1) is 0 Å². The van der Waals surface area contributed by atoms with Gasteiger partial charge in [-0.1, -0.05) is 54.4 Å². The van der Waals surface area contributed by atoms with Gasteiger partial charge in [0.25, 0.3) is 0 Å². The largest absolute Gasteiger partial charge is 0.324 e. The van der Waals surface area contributed by atoms with Gasteiger partial charge in [0.2, 0.25) is 0 Å². The van der Waals surface area contributed by atoms with Crippen molar-refractivity contribution < 1.29 is 0 Å². The lowest BCUT2D eigenvalue weighted by molar-refractivity contribution is -0.113. The Labute approximate surface area is 133 Å². The molecule has 0 saturated heterocycles. The molecule has 0 aromatic heterocycles. The van der Waals surface area contributed by atoms with Crippen LogP contribution in [0.15, 0.2) is 0 Å². The molecule has 0 radical (unpaired) electrons. The van der Waals surface area contributed by atoms with E-state index in [0.29, 0.717) is 16.7 Å². The van der Waals surface area contributed by atoms with Gasteiger partial charge < -0.3 is 5.73 Å². The standard InChI is InChI=1S/C20H39N/c1-7-15(2)11-14-20(21)16(3)9-10-17-18(4,5)12-8-13-19(17,20)6/h15-17H,7-14,21H2,1-6H3/t15-,16+,17+,19+,20-/m1/s1. The fraction of sp³-hybridized carbons (Fsp3) is 1.00. The van der Waals surface area contributed by atoms with E-state index in [1.54, 1.807) is 0 Å². The molecule has 2 saturated carbocycles. The summed E-state index contributed by atoms with van der Waals surface area (Å²) in [5.74, 6) is 2.31. The summed E-state index contributed by atoms with van der Waals surface area (Å²) in [6.07, 6.45) is 10.7. The van der Waals surface area contributed by atoms with Crippen LogP contribution >= 0.6 is 0 Å². The lowest BCUT2D eigenvalue weighted by Gasteiger charge is -2.64. The predicted octanol–water partition coefficient (Wildman–Crippen LogP) is 5.77. The van der Waals surface area contributed by atoms with Crippen molar-refractivity contribution in [2.75, 3.05) is 0 Å². The van der Waals surface area contributed by atoms with E-state index in [2.05, 4.69) is 41.5 Å². The first-order valence-electron chi connectivity index (χ1n) is 9.46. The molecule has 0 aliphatic heterocycles. The number of hydrogen-bond acceptors (Lipinski definition) is 1. The van der Waals surface area contributed by atoms with Gasteiger partial charge in [-0.3, -0.25) is 0 Å². The Morgan fingerprint density at radius 1 is 1.14 bits per heavy atom. The molecule has 2 aliphatic rings. The molecular weight excluding hydrogens is 254 g/mol. The molecule has 2 fully saturated rings. The molecule has 124 valence electrons. The Bertz CT molecular complexity index is 361. The van der Waals surface area contributed by atoms with Crippen molar-refractivity contribution in [1.82, 2.24) is 0 Å². The van der Waals surface area contributed by atoms with Crippen LogP contribution in [0.25, 0.3) is 0 Å². The van der Waals surface area contributed by atoms with Gasteiger partial charge in [0.05, 0.1) is 0 Å². The number of hydrogen-bond donors (Lipinski definition) is 1. The van der Waals surface area contributed by atoms with Crippen molar-refractivity contribution in [3.63, 3.8) is 0 Å². The Morgan fingerprint density at radius 2 is 1.81 bits per heavy atom. The van der Waals surface area contributed by atoms with Crippen molar-refractivity contribution in [3.05, 3.63) is 0 Å². The molecule has 0 aromatic carbocycles. The topological polar surface area (TPSA) is 26.0 Å². The van der Waals surface area contributed by atoms with Gasteiger partial charge in [0.15, 0.2) is 0 Å². The summed E-state index contributed by atoms with van der Waals surface area (Å²) in [4.78, 5) is 0. The third-order valence-corrected chi connectivity index (χ3v) is 7.81. The molecule has 0 unspecified atom stereocenters. The molecule has 0 aromatic rings. The number of rotatable bonds is 4. The van der Waals surface area contributed by atoms with Crippen LogP contribution in [0.1, 0.15) is 92.9 Å². The quantitative estimate of drug-likeness (QED) is 0.699. The molecule has 5 atom stereocenters. The third-order valence-electron chi connectivity index (χ3n) is 7.81. The van der Waals surface area contributed by atoms with Crippen molar-refractivity contribution in [2.24, 2.45) is 34.3 Å². The van der Waals surface area contributed by atoms with Crippen molar-refractivity contribution in [3.8, 4) is 0 Å². The monoisotopic (exact) mass is 293 g/mol. The van der Waals surface area contributed by atoms with Gasteiger partial charge in [0.1, 0.15) is 0 Å². The molecule has 21 heavy (non-hydrogen) atoms. The van der Waals surface area contributed by atoms with Crippen LogP contribution in [0.5, 0.6) is 0 Å². The molecule has 2 rings (SSSR count). The highest BCUT2D eigenvalue weighted by molar-refractivity contribution is 5.13. The average Bonchev–Trinajstić information content (AvgIpc) is 2.41.